The Balaban J connectivity index is 1.72. The van der Waals surface area contributed by atoms with E-state index in [2.05, 4.69) is 4.57 Å². The van der Waals surface area contributed by atoms with Crippen molar-refractivity contribution < 1.29 is 19.1 Å². The largest absolute Gasteiger partial charge is 0.464 e. The Bertz CT molecular complexity index is 1280. The number of thioether (sulfide) groups is 1. The number of aromatic nitrogens is 1. The third-order valence-electron chi connectivity index (χ3n) is 5.65. The molecule has 0 unspecified atom stereocenters. The van der Waals surface area contributed by atoms with Crippen molar-refractivity contribution in [3.63, 3.8) is 0 Å². The summed E-state index contributed by atoms with van der Waals surface area (Å²) < 4.78 is 7.16. The van der Waals surface area contributed by atoms with E-state index in [1.165, 1.54) is 6.92 Å². The number of nitrogens with zero attached hydrogens (tertiary/aromatic N) is 2. The van der Waals surface area contributed by atoms with Gasteiger partial charge in [-0.1, -0.05) is 41.9 Å². The molecule has 0 spiro atoms. The summed E-state index contributed by atoms with van der Waals surface area (Å²) in [4.78, 5) is 39.0. The van der Waals surface area contributed by atoms with Crippen LogP contribution < -0.4 is 0 Å². The van der Waals surface area contributed by atoms with Gasteiger partial charge in [-0.05, 0) is 62.4 Å². The maximum Gasteiger partial charge on any atom is 0.329 e. The second-order valence-corrected chi connectivity index (χ2v) is 9.14. The smallest absolute Gasteiger partial charge is 0.329 e. The molecule has 4 rings (SSSR count). The second-order valence-electron chi connectivity index (χ2n) is 7.71. The van der Waals surface area contributed by atoms with Crippen molar-refractivity contribution >= 4 is 57.5 Å². The predicted octanol–water partition coefficient (Wildman–Crippen LogP) is 5.64. The van der Waals surface area contributed by atoms with Gasteiger partial charge >= 0.3 is 5.97 Å². The molecule has 2 amide bonds. The van der Waals surface area contributed by atoms with E-state index in [1.54, 1.807) is 13.0 Å². The van der Waals surface area contributed by atoms with Crippen LogP contribution in [-0.2, 0) is 20.9 Å². The fourth-order valence-corrected chi connectivity index (χ4v) is 4.95. The minimum Gasteiger partial charge on any atom is -0.464 e. The summed E-state index contributed by atoms with van der Waals surface area (Å²) in [7, 11) is 0. The molecule has 1 atom stereocenters. The second kappa shape index (κ2) is 9.45. The number of hydrogen-bond donors (Lipinski definition) is 0. The number of ether oxygens (including phenoxy) is 1. The van der Waals surface area contributed by atoms with E-state index >= 15 is 0 Å². The fraction of sp³-hybridized carbons (Fsp3) is 0.240. The molecule has 0 radical (unpaired) electrons. The van der Waals surface area contributed by atoms with Crippen molar-refractivity contribution in [2.75, 3.05) is 6.61 Å². The highest BCUT2D eigenvalue weighted by Crippen LogP contribution is 2.37. The molecular weight excluding hydrogens is 460 g/mol. The highest BCUT2D eigenvalue weighted by atomic mass is 35.5. The standard InChI is InChI=1S/C25H23ClN2O4S/c1-4-32-24(30)16(3)28-23(29)22(33-25(28)31)13-20-15(2)27(21-8-6-5-7-19(20)21)14-17-9-11-18(26)12-10-17/h5-13,16H,4,14H2,1-3H3/b22-13+/t16-/m1/s1. The van der Waals surface area contributed by atoms with Crippen LogP contribution in [0.15, 0.2) is 53.4 Å². The average Bonchev–Trinajstić information content (AvgIpc) is 3.22. The van der Waals surface area contributed by atoms with Crippen molar-refractivity contribution in [2.45, 2.75) is 33.4 Å². The van der Waals surface area contributed by atoms with Crippen LogP contribution in [0.2, 0.25) is 5.02 Å². The first-order valence-corrected chi connectivity index (χ1v) is 11.8. The molecule has 1 fully saturated rings. The molecule has 170 valence electrons. The molecule has 0 bridgehead atoms. The number of imide groups is 1. The Morgan fingerprint density at radius 3 is 2.55 bits per heavy atom. The monoisotopic (exact) mass is 482 g/mol. The van der Waals surface area contributed by atoms with Gasteiger partial charge in [-0.25, -0.2) is 4.79 Å². The van der Waals surface area contributed by atoms with Crippen molar-refractivity contribution in [3.8, 4) is 0 Å². The average molecular weight is 483 g/mol. The minimum atomic E-state index is -0.976. The van der Waals surface area contributed by atoms with E-state index < -0.39 is 23.2 Å². The molecule has 33 heavy (non-hydrogen) atoms. The van der Waals surface area contributed by atoms with Crippen LogP contribution >= 0.6 is 23.4 Å². The molecule has 2 heterocycles. The molecule has 0 saturated carbocycles. The molecule has 0 N–H and O–H groups in total. The summed E-state index contributed by atoms with van der Waals surface area (Å²) in [6, 6.07) is 14.7. The third kappa shape index (κ3) is 4.43. The minimum absolute atomic E-state index is 0.182. The van der Waals surface area contributed by atoms with Gasteiger partial charge in [0.15, 0.2) is 0 Å². The lowest BCUT2D eigenvalue weighted by molar-refractivity contribution is -0.150. The van der Waals surface area contributed by atoms with Gasteiger partial charge in [-0.15, -0.1) is 0 Å². The topological polar surface area (TPSA) is 68.6 Å². The van der Waals surface area contributed by atoms with Crippen molar-refractivity contribution in [2.24, 2.45) is 0 Å². The maximum absolute atomic E-state index is 13.0. The number of benzene rings is 2. The lowest BCUT2D eigenvalue weighted by atomic mass is 10.1. The molecule has 2 aromatic carbocycles. The molecular formula is C25H23ClN2O4S. The zero-order valence-electron chi connectivity index (χ0n) is 18.5. The summed E-state index contributed by atoms with van der Waals surface area (Å²) in [5, 5.41) is 1.19. The van der Waals surface area contributed by atoms with Gasteiger partial charge < -0.3 is 9.30 Å². The molecule has 8 heteroatoms. The number of carbonyl (C=O) groups excluding carboxylic acids is 3. The van der Waals surface area contributed by atoms with Crippen molar-refractivity contribution in [3.05, 3.63) is 75.3 Å². The number of hydrogen-bond acceptors (Lipinski definition) is 5. The SMILES string of the molecule is CCOC(=O)[C@@H](C)N1C(=O)S/C(=C/c2c(C)n(Cc3ccc(Cl)cc3)c3ccccc23)C1=O. The number of para-hydroxylation sites is 1. The van der Waals surface area contributed by atoms with Crippen LogP contribution in [0.3, 0.4) is 0 Å². The number of rotatable bonds is 6. The Labute approximate surface area is 201 Å². The number of esters is 1. The lowest BCUT2D eigenvalue weighted by Gasteiger charge is -2.19. The fourth-order valence-electron chi connectivity index (χ4n) is 3.93. The zero-order valence-corrected chi connectivity index (χ0v) is 20.1. The summed E-state index contributed by atoms with van der Waals surface area (Å²) in [5.74, 6) is -1.09. The normalized spacial score (nSPS) is 16.1. The van der Waals surface area contributed by atoms with Gasteiger partial charge in [-0.2, -0.15) is 0 Å². The van der Waals surface area contributed by atoms with Gasteiger partial charge in [0.2, 0.25) is 0 Å². The van der Waals surface area contributed by atoms with E-state index in [-0.39, 0.29) is 11.5 Å². The Morgan fingerprint density at radius 1 is 1.15 bits per heavy atom. The van der Waals surface area contributed by atoms with Gasteiger partial charge in [-0.3, -0.25) is 14.5 Å². The van der Waals surface area contributed by atoms with Crippen LogP contribution in [0.4, 0.5) is 4.79 Å². The molecule has 1 aromatic heterocycles. The van der Waals surface area contributed by atoms with Gasteiger partial charge in [0.25, 0.3) is 11.1 Å². The van der Waals surface area contributed by atoms with E-state index in [1.807, 2.05) is 55.5 Å². The van der Waals surface area contributed by atoms with Crippen LogP contribution in [0.25, 0.3) is 17.0 Å². The first-order chi connectivity index (χ1) is 15.8. The lowest BCUT2D eigenvalue weighted by Crippen LogP contribution is -2.42. The number of amides is 2. The van der Waals surface area contributed by atoms with E-state index in [4.69, 9.17) is 16.3 Å². The van der Waals surface area contributed by atoms with Crippen molar-refractivity contribution in [1.29, 1.82) is 0 Å². The number of fused-ring (bicyclic) bond motifs is 1. The highest BCUT2D eigenvalue weighted by Gasteiger charge is 2.41. The van der Waals surface area contributed by atoms with Gasteiger partial charge in [0, 0.05) is 33.7 Å². The summed E-state index contributed by atoms with van der Waals surface area (Å²) in [5.41, 5.74) is 3.96. The number of carbonyl (C=O) groups is 3. The molecule has 1 saturated heterocycles. The predicted molar refractivity (Wildman–Crippen MR) is 131 cm³/mol. The van der Waals surface area contributed by atoms with Crippen LogP contribution in [-0.4, -0.2) is 39.2 Å². The highest BCUT2D eigenvalue weighted by molar-refractivity contribution is 8.18. The third-order valence-corrected chi connectivity index (χ3v) is 6.78. The van der Waals surface area contributed by atoms with Gasteiger partial charge in [0.05, 0.1) is 11.5 Å². The van der Waals surface area contributed by atoms with Crippen molar-refractivity contribution in [1.82, 2.24) is 9.47 Å². The zero-order chi connectivity index (χ0) is 23.7. The first kappa shape index (κ1) is 23.1. The molecule has 6 nitrogen and oxygen atoms in total. The van der Waals surface area contributed by atoms with Crippen LogP contribution in [0.5, 0.6) is 0 Å². The van der Waals surface area contributed by atoms with Crippen LogP contribution in [0.1, 0.15) is 30.7 Å². The summed E-state index contributed by atoms with van der Waals surface area (Å²) in [6.45, 7) is 5.99. The Morgan fingerprint density at radius 2 is 1.85 bits per heavy atom. The molecule has 3 aromatic rings. The molecule has 1 aliphatic rings. The number of halogens is 1. The first-order valence-electron chi connectivity index (χ1n) is 10.6. The van der Waals surface area contributed by atoms with Crippen LogP contribution in [0, 0.1) is 6.92 Å². The summed E-state index contributed by atoms with van der Waals surface area (Å²) >= 11 is 6.87. The van der Waals surface area contributed by atoms with E-state index in [0.717, 1.165) is 44.4 Å². The Hall–Kier alpha value is -3.03. The maximum atomic E-state index is 13.0. The molecule has 1 aliphatic heterocycles. The van der Waals surface area contributed by atoms with Gasteiger partial charge in [0.1, 0.15) is 6.04 Å². The van der Waals surface area contributed by atoms with E-state index in [9.17, 15) is 14.4 Å². The van der Waals surface area contributed by atoms with E-state index in [0.29, 0.717) is 11.6 Å². The quantitative estimate of drug-likeness (QED) is 0.336. The Kier molecular flexibility index (Phi) is 6.63. The molecule has 0 aliphatic carbocycles. The summed E-state index contributed by atoms with van der Waals surface area (Å²) in [6.07, 6.45) is 1.75.